The first-order valence-corrected chi connectivity index (χ1v) is 46.1. The van der Waals surface area contributed by atoms with Crippen LogP contribution in [0.4, 0.5) is 32.7 Å². The average molecular weight is 1900 g/mol. The van der Waals surface area contributed by atoms with E-state index < -0.39 is 98.4 Å². The molecule has 6 heterocycles. The highest BCUT2D eigenvalue weighted by molar-refractivity contribution is 8.51. The molecule has 0 bridgehead atoms. The molecule has 666 valence electrons. The lowest BCUT2D eigenvalue weighted by atomic mass is 10.1. The predicted octanol–water partition coefficient (Wildman–Crippen LogP) is 13.0. The number of aliphatic hydroxyl groups is 1. The van der Waals surface area contributed by atoms with Gasteiger partial charge < -0.3 is 57.4 Å². The lowest BCUT2D eigenvalue weighted by molar-refractivity contribution is -0.153. The van der Waals surface area contributed by atoms with Gasteiger partial charge in [-0.05, 0) is 64.1 Å². The molecule has 0 unspecified atom stereocenters. The third-order valence-electron chi connectivity index (χ3n) is 18.6. The molecular weight excluding hydrogens is 1800 g/mol. The topological polar surface area (TPSA) is 272 Å². The van der Waals surface area contributed by atoms with Gasteiger partial charge in [-0.1, -0.05) is 276 Å². The number of amides is 4. The van der Waals surface area contributed by atoms with Gasteiger partial charge in [0.1, 0.15) is 89.5 Å². The molecule has 0 aromatic heterocycles. The molecule has 8 aromatic rings. The second-order valence-electron chi connectivity index (χ2n) is 26.5. The Morgan fingerprint density at radius 1 is 0.411 bits per heavy atom. The fourth-order valence-corrected chi connectivity index (χ4v) is 12.3. The average Bonchev–Trinajstić information content (AvgIpc) is 1.59. The number of hydrogen-bond acceptors (Lipinski definition) is 26. The van der Waals surface area contributed by atoms with Crippen molar-refractivity contribution >= 4 is 156 Å². The SMILES string of the molecule is CCN(CC)CC.F.O=C(OCc1ccccc1)[C@@H]1C=CCN1C(=O)OCc1ccccc1.O=C(OCc1ccccc1)[C@@H]1[C@@H]2O[C@@H]2CN1C(=O)OCc1ccccc1.O=C(OCc1ccccc1)[C@@H]1[C@H](O)[C@@H](F)CN1C(=O)OCc1ccccc1.O=C(OCc1ccccc1)[C@@H]1[C@H]2O[C@H]2CN1C(=O)OCc1ccccc1.S.S=S.S=S=S.S=S=S=S.[2H]CF. The molecule has 6 aliphatic heterocycles. The largest absolute Gasteiger partial charge is 0.459 e. The number of epoxide rings is 2. The van der Waals surface area contributed by atoms with Crippen LogP contribution < -0.4 is 0 Å². The van der Waals surface area contributed by atoms with Gasteiger partial charge in [-0.15, -0.1) is 0 Å². The number of carbonyl (C=O) groups excluding carboxylic acids is 8. The standard InChI is InChI=1S/C20H20FNO5.2C20H19NO5.C20H19NO4.C6H15N.CH3F.FH.S4.S3.S2.H2S/c21-16-11-22(20(25)27-13-15-9-5-2-6-10-15)17(18(16)23)19(24)26-12-14-7-3-1-4-8-14;2*22-19(24-12-14-7-3-1-4-8-14)17-18-16(26-18)11-21(17)20(23)25-13-15-9-5-2-6-10-15;22-19(24-14-16-8-3-1-4-9-16)18-12-7-13-21(18)20(23)25-15-17-10-5-2-6-11-17;1-4-7(5-2)6-3;1-2;;1-3-4-2;1-3-2;1-2;/h1-10,16-18,23H,11-13H2;2*1-10,16-18H,11-13H2;1-12,18H,13-15H2;4-6H2,1-3H3;1H3;1H;;;;1H2/t16-,17-,18+;16-,17+,18-;16-,17-,18-;18-;;;;;;;/m0100......./s1/i;;;;;1D;;;;;. The number of fused-ring (bicyclic) bond motifs is 2. The van der Waals surface area contributed by atoms with Gasteiger partial charge in [-0.25, -0.2) is 42.7 Å². The summed E-state index contributed by atoms with van der Waals surface area (Å²) in [4.78, 5) is 106. The summed E-state index contributed by atoms with van der Waals surface area (Å²) in [6.45, 7) is 11.7. The van der Waals surface area contributed by atoms with Crippen LogP contribution in [-0.2, 0) is 213 Å². The summed E-state index contributed by atoms with van der Waals surface area (Å²) in [5.74, 6) is -2.26. The van der Waals surface area contributed by atoms with Crippen LogP contribution in [0.2, 0.25) is 0 Å². The summed E-state index contributed by atoms with van der Waals surface area (Å²) in [6, 6.07) is 70.7. The van der Waals surface area contributed by atoms with E-state index in [1.807, 2.05) is 194 Å². The van der Waals surface area contributed by atoms with Crippen molar-refractivity contribution in [1.82, 2.24) is 24.5 Å². The number of halogens is 3. The monoisotopic (exact) mass is 1890 g/mol. The normalized spacial score (nSPS) is 18.7. The van der Waals surface area contributed by atoms with Crippen LogP contribution in [0.5, 0.6) is 0 Å². The summed E-state index contributed by atoms with van der Waals surface area (Å²) >= 11 is 24.2. The molecule has 5 fully saturated rings. The van der Waals surface area contributed by atoms with Gasteiger partial charge in [-0.2, -0.15) is 13.5 Å². The fourth-order valence-electron chi connectivity index (χ4n) is 12.3. The third kappa shape index (κ3) is 36.5. The highest BCUT2D eigenvalue weighted by atomic mass is 33.2. The van der Waals surface area contributed by atoms with Gasteiger partial charge in [-0.3, -0.25) is 28.7 Å². The fraction of sp³-hybridized carbons (Fsp3) is 0.333. The number of morpholine rings is 2. The summed E-state index contributed by atoms with van der Waals surface area (Å²) in [7, 11) is 2.26. The van der Waals surface area contributed by atoms with Crippen molar-refractivity contribution in [3.8, 4) is 0 Å². The Balaban J connectivity index is 0.000000325. The molecule has 14 rings (SSSR count). The number of alkyl halides is 2. The van der Waals surface area contributed by atoms with Crippen LogP contribution in [0.25, 0.3) is 0 Å². The number of nitrogens with zero attached hydrogens (tertiary/aromatic N) is 5. The maximum absolute atomic E-state index is 14.0. The number of benzene rings is 8. The molecule has 0 saturated carbocycles. The zero-order valence-electron chi connectivity index (χ0n) is 68.7. The number of rotatable bonds is 23. The molecule has 24 nitrogen and oxygen atoms in total. The third-order valence-corrected chi connectivity index (χ3v) is 20.9. The van der Waals surface area contributed by atoms with E-state index >= 15 is 0 Å². The van der Waals surface area contributed by atoms with Gasteiger partial charge in [0, 0.05) is 100 Å². The first-order chi connectivity index (χ1) is 59.8. The van der Waals surface area contributed by atoms with Gasteiger partial charge >= 0.3 is 48.3 Å². The summed E-state index contributed by atoms with van der Waals surface area (Å²) in [5, 5.41) is 10.0. The second-order valence-corrected chi connectivity index (χ2v) is 31.8. The van der Waals surface area contributed by atoms with Crippen LogP contribution in [0.15, 0.2) is 255 Å². The molecule has 0 spiro atoms. The van der Waals surface area contributed by atoms with Crippen LogP contribution >= 0.6 is 13.5 Å². The Bertz CT molecular complexity index is 4520. The van der Waals surface area contributed by atoms with Crippen LogP contribution in [0, 0.1) is 0 Å². The summed E-state index contributed by atoms with van der Waals surface area (Å²) in [6.07, 6.45) is -3.21. The molecular formula is C87H98F3N5O19S10. The van der Waals surface area contributed by atoms with Gasteiger partial charge in [0.2, 0.25) is 0 Å². The van der Waals surface area contributed by atoms with E-state index in [9.17, 15) is 52.2 Å². The molecule has 4 amide bonds. The molecule has 0 aliphatic carbocycles. The number of hydrogen-bond donors (Lipinski definition) is 1. The first-order valence-electron chi connectivity index (χ1n) is 38.8. The van der Waals surface area contributed by atoms with E-state index in [-0.39, 0.29) is 95.5 Å². The summed E-state index contributed by atoms with van der Waals surface area (Å²) < 4.78 is 82.7. The van der Waals surface area contributed by atoms with E-state index in [0.29, 0.717) is 19.6 Å². The lowest BCUT2D eigenvalue weighted by Gasteiger charge is -2.24. The molecule has 124 heavy (non-hydrogen) atoms. The zero-order valence-corrected chi connectivity index (χ0v) is 76.1. The van der Waals surface area contributed by atoms with Crippen molar-refractivity contribution in [1.29, 1.82) is 0 Å². The van der Waals surface area contributed by atoms with Crippen LogP contribution in [-0.4, -0.2) is 192 Å². The van der Waals surface area contributed by atoms with Crippen molar-refractivity contribution in [2.75, 3.05) is 53.0 Å². The Kier molecular flexibility index (Phi) is 51.5. The Morgan fingerprint density at radius 3 is 0.879 bits per heavy atom. The molecule has 0 radical (unpaired) electrons. The Morgan fingerprint density at radius 2 is 0.637 bits per heavy atom. The van der Waals surface area contributed by atoms with E-state index in [4.69, 9.17) is 48.7 Å². The minimum atomic E-state index is -1.75. The van der Waals surface area contributed by atoms with Crippen LogP contribution in [0.1, 0.15) is 66.6 Å². The maximum Gasteiger partial charge on any atom is 0.411 e. The smallest absolute Gasteiger partial charge is 0.411 e. The van der Waals surface area contributed by atoms with E-state index in [0.717, 1.165) is 58.3 Å². The van der Waals surface area contributed by atoms with Crippen molar-refractivity contribution in [3.63, 3.8) is 0 Å². The number of ether oxygens (including phenoxy) is 10. The van der Waals surface area contributed by atoms with Crippen molar-refractivity contribution in [2.24, 2.45) is 0 Å². The van der Waals surface area contributed by atoms with Crippen molar-refractivity contribution < 1.29 is 106 Å². The van der Waals surface area contributed by atoms with Crippen molar-refractivity contribution in [2.45, 2.75) is 134 Å². The zero-order chi connectivity index (χ0) is 89.1. The quantitative estimate of drug-likeness (QED) is 0.0270. The van der Waals surface area contributed by atoms with Gasteiger partial charge in [0.25, 0.3) is 0 Å². The van der Waals surface area contributed by atoms with Gasteiger partial charge in [0.15, 0.2) is 24.2 Å². The first kappa shape index (κ1) is 105. The van der Waals surface area contributed by atoms with Crippen LogP contribution in [0.3, 0.4) is 0 Å². The highest BCUT2D eigenvalue weighted by Gasteiger charge is 2.61. The molecule has 8 aromatic carbocycles. The lowest BCUT2D eigenvalue weighted by Crippen LogP contribution is -2.46. The Labute approximate surface area is 766 Å². The molecule has 37 heteroatoms. The highest BCUT2D eigenvalue weighted by Crippen LogP contribution is 2.39. The predicted molar refractivity (Wildman–Crippen MR) is 490 cm³/mol. The molecule has 5 saturated heterocycles. The van der Waals surface area contributed by atoms with E-state index in [2.05, 4.69) is 92.8 Å². The number of likely N-dealkylation sites (tertiary alicyclic amines) is 3. The minimum Gasteiger partial charge on any atom is -0.459 e. The minimum absolute atomic E-state index is 0. The maximum atomic E-state index is 14.0. The van der Waals surface area contributed by atoms with Crippen molar-refractivity contribution in [3.05, 3.63) is 299 Å². The van der Waals surface area contributed by atoms with E-state index in [1.165, 1.54) is 52.1 Å². The number of aliphatic hydroxyl groups excluding tert-OH is 1. The summed E-state index contributed by atoms with van der Waals surface area (Å²) in [5.41, 5.74) is 6.87. The molecule has 6 aliphatic rings. The number of carbonyl (C=O) groups is 8. The van der Waals surface area contributed by atoms with Gasteiger partial charge in [0.05, 0.1) is 28.2 Å². The second kappa shape index (κ2) is 60.9. The van der Waals surface area contributed by atoms with E-state index in [1.54, 1.807) is 60.7 Å². The molecule has 10 atom stereocenters. The Hall–Kier alpha value is -9.58. The number of esters is 4. The molecule has 1 N–H and O–H groups in total.